The second-order valence-corrected chi connectivity index (χ2v) is 7.52. The Bertz CT molecular complexity index is 733. The van der Waals surface area contributed by atoms with E-state index in [0.717, 1.165) is 24.1 Å². The van der Waals surface area contributed by atoms with Crippen LogP contribution < -0.4 is 10.2 Å². The van der Waals surface area contributed by atoms with Gasteiger partial charge in [0, 0.05) is 61.9 Å². The summed E-state index contributed by atoms with van der Waals surface area (Å²) in [7, 11) is 0. The molecule has 7 heteroatoms. The number of amides is 1. The third kappa shape index (κ3) is 7.43. The van der Waals surface area contributed by atoms with E-state index < -0.39 is 11.8 Å². The van der Waals surface area contributed by atoms with Crippen LogP contribution in [0, 0.1) is 61.2 Å². The maximum absolute atomic E-state index is 14.7. The van der Waals surface area contributed by atoms with E-state index in [1.54, 1.807) is 18.5 Å². The molecule has 1 aliphatic carbocycles. The van der Waals surface area contributed by atoms with Crippen molar-refractivity contribution in [2.24, 2.45) is 11.8 Å². The summed E-state index contributed by atoms with van der Waals surface area (Å²) in [6.07, 6.45) is 7.88. The van der Waals surface area contributed by atoms with E-state index >= 15 is 0 Å². The molecule has 0 aliphatic heterocycles. The van der Waals surface area contributed by atoms with Crippen LogP contribution in [0.1, 0.15) is 50.2 Å². The summed E-state index contributed by atoms with van der Waals surface area (Å²) in [6.45, 7) is 4.53. The Kier molecular flexibility index (Phi) is 10.9. The first-order valence-corrected chi connectivity index (χ1v) is 9.83. The van der Waals surface area contributed by atoms with E-state index in [4.69, 9.17) is 0 Å². The minimum absolute atomic E-state index is 0. The standard InChI is InChI=1S/C22H28F2N3O.U/c1-3-4-5-10-27(21-12-18(13-25)7-6-17(21)2)15-20-11-19(14-26-16-28)8-9-22(20,23)24;/h5-7,10,12,19-20H,3-4,8-9,11,14-15H2,1-2H3,(H,26,28);/q-1;/b10-5+;/t19-,20+;/m1./s1. The maximum Gasteiger partial charge on any atom is 0.252 e. The third-order valence-corrected chi connectivity index (χ3v) is 5.37. The van der Waals surface area contributed by atoms with E-state index in [1.807, 2.05) is 30.2 Å². The molecule has 1 saturated carbocycles. The van der Waals surface area contributed by atoms with Crippen LogP contribution in [0.2, 0.25) is 0 Å². The van der Waals surface area contributed by atoms with Gasteiger partial charge < -0.3 is 15.0 Å². The van der Waals surface area contributed by atoms with Crippen molar-refractivity contribution in [2.45, 2.75) is 51.9 Å². The monoisotopic (exact) mass is 626 g/mol. The number of benzene rings is 1. The van der Waals surface area contributed by atoms with Gasteiger partial charge in [0.05, 0.1) is 11.6 Å². The van der Waals surface area contributed by atoms with E-state index in [-0.39, 0.29) is 50.0 Å². The minimum Gasteiger partial charge on any atom is -0.530 e. The number of unbranched alkanes of at least 4 members (excludes halogenated alkanes) is 1. The number of rotatable bonds is 9. The summed E-state index contributed by atoms with van der Waals surface area (Å²) in [4.78, 5) is 12.3. The number of carbonyl (C=O) groups excluding carboxylic acids is 1. The van der Waals surface area contributed by atoms with Crippen LogP contribution >= 0.6 is 0 Å². The Morgan fingerprint density at radius 3 is 2.86 bits per heavy atom. The molecule has 0 bridgehead atoms. The van der Waals surface area contributed by atoms with Gasteiger partial charge in [-0.25, -0.2) is 8.78 Å². The Labute approximate surface area is 196 Å². The molecule has 0 radical (unpaired) electrons. The molecule has 1 amide bonds. The average Bonchev–Trinajstić information content (AvgIpc) is 2.68. The van der Waals surface area contributed by atoms with Gasteiger partial charge in [-0.2, -0.15) is 11.7 Å². The van der Waals surface area contributed by atoms with Gasteiger partial charge in [0.15, 0.2) is 0 Å². The molecule has 1 aromatic rings. The van der Waals surface area contributed by atoms with Gasteiger partial charge in [0.25, 0.3) is 5.92 Å². The third-order valence-electron chi connectivity index (χ3n) is 5.37. The number of nitrogens with one attached hydrogen (secondary N) is 1. The van der Waals surface area contributed by atoms with Crippen LogP contribution in [-0.4, -0.2) is 25.4 Å². The molecule has 1 aliphatic rings. The van der Waals surface area contributed by atoms with Crippen molar-refractivity contribution in [3.05, 3.63) is 41.6 Å². The SMILES string of the molecule is CCC/C=C/N(C[C@@H]1C[C@H](CN[C-]=O)CCC1(F)F)c1cc(C#N)ccc1C.[U]. The number of anilines is 1. The van der Waals surface area contributed by atoms with E-state index in [0.29, 0.717) is 24.9 Å². The summed E-state index contributed by atoms with van der Waals surface area (Å²) in [5, 5.41) is 11.7. The molecule has 156 valence electrons. The van der Waals surface area contributed by atoms with Gasteiger partial charge in [0.2, 0.25) is 0 Å². The molecule has 0 saturated heterocycles. The molecule has 2 rings (SSSR count). The van der Waals surface area contributed by atoms with Gasteiger partial charge in [-0.1, -0.05) is 25.5 Å². The molecule has 0 unspecified atom stereocenters. The summed E-state index contributed by atoms with van der Waals surface area (Å²) >= 11 is 0. The van der Waals surface area contributed by atoms with Gasteiger partial charge in [-0.15, -0.1) is 0 Å². The average molecular weight is 627 g/mol. The van der Waals surface area contributed by atoms with Crippen molar-refractivity contribution >= 4 is 12.1 Å². The predicted molar refractivity (Wildman–Crippen MR) is 107 cm³/mol. The quantitative estimate of drug-likeness (QED) is 0.320. The fourth-order valence-electron chi connectivity index (χ4n) is 3.71. The molecule has 4 nitrogen and oxygen atoms in total. The summed E-state index contributed by atoms with van der Waals surface area (Å²) in [5.41, 5.74) is 2.23. The van der Waals surface area contributed by atoms with Crippen LogP contribution in [0.3, 0.4) is 0 Å². The van der Waals surface area contributed by atoms with Crippen LogP contribution in [-0.2, 0) is 4.79 Å². The maximum atomic E-state index is 14.7. The molecule has 2 atom stereocenters. The second-order valence-electron chi connectivity index (χ2n) is 7.52. The predicted octanol–water partition coefficient (Wildman–Crippen LogP) is 4.70. The van der Waals surface area contributed by atoms with Crippen LogP contribution in [0.15, 0.2) is 30.5 Å². The first-order valence-electron chi connectivity index (χ1n) is 9.83. The van der Waals surface area contributed by atoms with Crippen molar-refractivity contribution in [1.82, 2.24) is 5.32 Å². The first-order chi connectivity index (χ1) is 13.4. The Morgan fingerprint density at radius 2 is 2.21 bits per heavy atom. The van der Waals surface area contributed by atoms with Crippen molar-refractivity contribution in [3.8, 4) is 6.07 Å². The fourth-order valence-corrected chi connectivity index (χ4v) is 3.71. The largest absolute Gasteiger partial charge is 0.530 e. The molecular weight excluding hydrogens is 598 g/mol. The van der Waals surface area contributed by atoms with Gasteiger partial charge in [0.1, 0.15) is 0 Å². The topological polar surface area (TPSA) is 56.1 Å². The van der Waals surface area contributed by atoms with Crippen LogP contribution in [0.25, 0.3) is 0 Å². The molecule has 1 N–H and O–H groups in total. The number of hydrogen-bond donors (Lipinski definition) is 1. The molecule has 1 aromatic carbocycles. The Hall–Kier alpha value is -1.37. The normalized spacial score (nSPS) is 20.5. The van der Waals surface area contributed by atoms with Gasteiger partial charge in [-0.3, -0.25) is 0 Å². The zero-order valence-corrected chi connectivity index (χ0v) is 21.2. The molecule has 0 aromatic heterocycles. The van der Waals surface area contributed by atoms with Crippen LogP contribution in [0.5, 0.6) is 0 Å². The van der Waals surface area contributed by atoms with Gasteiger partial charge in [-0.05, 0) is 56.3 Å². The zero-order valence-electron chi connectivity index (χ0n) is 17.0. The fraction of sp³-hybridized carbons (Fsp3) is 0.545. The van der Waals surface area contributed by atoms with E-state index in [1.165, 1.54) is 0 Å². The zero-order chi connectivity index (χ0) is 20.6. The van der Waals surface area contributed by atoms with Crippen molar-refractivity contribution in [2.75, 3.05) is 18.0 Å². The number of hydrogen-bond acceptors (Lipinski definition) is 3. The van der Waals surface area contributed by atoms with Crippen molar-refractivity contribution in [3.63, 3.8) is 0 Å². The van der Waals surface area contributed by atoms with E-state index in [9.17, 15) is 18.8 Å². The summed E-state index contributed by atoms with van der Waals surface area (Å²) < 4.78 is 29.3. The number of aryl methyl sites for hydroxylation is 1. The number of nitriles is 1. The number of halogens is 2. The van der Waals surface area contributed by atoms with E-state index in [2.05, 4.69) is 18.3 Å². The minimum atomic E-state index is -2.75. The Morgan fingerprint density at radius 1 is 1.45 bits per heavy atom. The van der Waals surface area contributed by atoms with Crippen molar-refractivity contribution < 1.29 is 44.7 Å². The van der Waals surface area contributed by atoms with Crippen molar-refractivity contribution in [1.29, 1.82) is 5.26 Å². The number of nitrogens with zero attached hydrogens (tertiary/aromatic N) is 2. The molecule has 29 heavy (non-hydrogen) atoms. The second kappa shape index (κ2) is 12.4. The Balaban J connectivity index is 0.00000420. The summed E-state index contributed by atoms with van der Waals surface area (Å²) in [6, 6.07) is 7.46. The first kappa shape index (κ1) is 25.7. The van der Waals surface area contributed by atoms with Gasteiger partial charge >= 0.3 is 0 Å². The molecule has 0 spiro atoms. The summed E-state index contributed by atoms with van der Waals surface area (Å²) in [5.74, 6) is -3.55. The molecular formula is C22H28F2N3OU-. The van der Waals surface area contributed by atoms with Crippen LogP contribution in [0.4, 0.5) is 14.5 Å². The number of allylic oxidation sites excluding steroid dienone is 1. The molecule has 1 fully saturated rings. The number of alkyl halides is 2. The molecule has 0 heterocycles. The smallest absolute Gasteiger partial charge is 0.252 e.